The predicted molar refractivity (Wildman–Crippen MR) is 142 cm³/mol. The Bertz CT molecular complexity index is 1400. The lowest BCUT2D eigenvalue weighted by atomic mass is 9.92. The topological polar surface area (TPSA) is 133 Å². The molecule has 0 fully saturated rings. The van der Waals surface area contributed by atoms with Gasteiger partial charge in [0.2, 0.25) is 0 Å². The average Bonchev–Trinajstić information content (AvgIpc) is 2.81. The summed E-state index contributed by atoms with van der Waals surface area (Å²) in [6, 6.07) is 15.9. The molecule has 0 spiro atoms. The zero-order valence-corrected chi connectivity index (χ0v) is 22.6. The van der Waals surface area contributed by atoms with Gasteiger partial charge in [0.05, 0.1) is 21.3 Å². The minimum absolute atomic E-state index is 0.0148. The molecule has 8 nitrogen and oxygen atoms in total. The van der Waals surface area contributed by atoms with Crippen LogP contribution >= 0.6 is 30.8 Å². The molecule has 0 aliphatic rings. The average molecular weight is 571 g/mol. The normalized spacial score (nSPS) is 12.3. The third-order valence-corrected chi connectivity index (χ3v) is 9.88. The van der Waals surface area contributed by atoms with Crippen LogP contribution in [-0.2, 0) is 19.7 Å². The lowest BCUT2D eigenvalue weighted by molar-refractivity contribution is 0.102. The van der Waals surface area contributed by atoms with Gasteiger partial charge < -0.3 is 15.1 Å². The molecule has 0 aromatic heterocycles. The number of nitrogens with one attached hydrogen (secondary N) is 2. The molecule has 3 aromatic rings. The van der Waals surface area contributed by atoms with E-state index in [4.69, 9.17) is 23.2 Å². The van der Waals surface area contributed by atoms with Crippen LogP contribution in [0.1, 0.15) is 42.6 Å². The maximum Gasteiger partial charge on any atom is 0.335 e. The van der Waals surface area contributed by atoms with E-state index in [1.54, 1.807) is 26.0 Å². The summed E-state index contributed by atoms with van der Waals surface area (Å²) in [6.07, 6.45) is 0.470. The highest BCUT2D eigenvalue weighted by Crippen LogP contribution is 2.60. The van der Waals surface area contributed by atoms with E-state index >= 15 is 0 Å². The summed E-state index contributed by atoms with van der Waals surface area (Å²) in [5, 5.41) is 1.95. The van der Waals surface area contributed by atoms with E-state index < -0.39 is 28.7 Å². The van der Waals surface area contributed by atoms with Crippen LogP contribution in [0, 0.1) is 0 Å². The second-order valence-corrected chi connectivity index (χ2v) is 12.6. The summed E-state index contributed by atoms with van der Waals surface area (Å²) in [5.74, 6) is -0.633. The number of carbonyl (C=O) groups excluding carboxylic acids is 1. The molecule has 0 heterocycles. The Morgan fingerprint density at radius 3 is 2.00 bits per heavy atom. The minimum Gasteiger partial charge on any atom is -0.324 e. The summed E-state index contributed by atoms with van der Waals surface area (Å²) in [5.41, 5.74) is 0.803. The van der Waals surface area contributed by atoms with Crippen molar-refractivity contribution < 1.29 is 27.6 Å². The third kappa shape index (κ3) is 5.94. The summed E-state index contributed by atoms with van der Waals surface area (Å²) in [4.78, 5) is 32.9. The van der Waals surface area contributed by atoms with Crippen molar-refractivity contribution in [1.82, 2.24) is 0 Å². The quantitative estimate of drug-likeness (QED) is 0.225. The van der Waals surface area contributed by atoms with Crippen LogP contribution in [-0.4, -0.2) is 24.1 Å². The van der Waals surface area contributed by atoms with Gasteiger partial charge in [0.25, 0.3) is 15.9 Å². The van der Waals surface area contributed by atoms with E-state index in [0.717, 1.165) is 0 Å². The van der Waals surface area contributed by atoms with Crippen molar-refractivity contribution in [3.63, 3.8) is 0 Å². The van der Waals surface area contributed by atoms with Crippen molar-refractivity contribution in [2.75, 3.05) is 10.0 Å². The van der Waals surface area contributed by atoms with Crippen LogP contribution in [0.5, 0.6) is 0 Å². The number of hydrogen-bond donors (Lipinski definition) is 4. The number of halogens is 2. The highest BCUT2D eigenvalue weighted by atomic mass is 35.5. The van der Waals surface area contributed by atoms with Crippen molar-refractivity contribution >= 4 is 58.1 Å². The Hall–Kier alpha value is -2.39. The van der Waals surface area contributed by atoms with Gasteiger partial charge in [-0.1, -0.05) is 49.2 Å². The number of anilines is 2. The number of rotatable bonds is 9. The zero-order valence-electron chi connectivity index (χ0n) is 19.4. The fourth-order valence-corrected chi connectivity index (χ4v) is 6.60. The first-order valence-corrected chi connectivity index (χ1v) is 14.7. The van der Waals surface area contributed by atoms with Crippen molar-refractivity contribution in [1.29, 1.82) is 0 Å². The predicted octanol–water partition coefficient (Wildman–Crippen LogP) is 6.24. The van der Waals surface area contributed by atoms with E-state index in [2.05, 4.69) is 10.0 Å². The highest BCUT2D eigenvalue weighted by molar-refractivity contribution is 7.92. The Kier molecular flexibility index (Phi) is 8.55. The van der Waals surface area contributed by atoms with Gasteiger partial charge in [-0.15, -0.1) is 0 Å². The van der Waals surface area contributed by atoms with Gasteiger partial charge in [-0.25, -0.2) is 8.42 Å². The monoisotopic (exact) mass is 570 g/mol. The molecule has 3 aromatic carbocycles. The van der Waals surface area contributed by atoms with Crippen LogP contribution in [0.2, 0.25) is 10.0 Å². The van der Waals surface area contributed by atoms with Gasteiger partial charge in [-0.3, -0.25) is 14.1 Å². The molecule has 4 N–H and O–H groups in total. The molecule has 192 valence electrons. The van der Waals surface area contributed by atoms with E-state index in [-0.39, 0.29) is 34.0 Å². The molecule has 0 aliphatic carbocycles. The van der Waals surface area contributed by atoms with E-state index in [0.29, 0.717) is 16.3 Å². The number of amides is 1. The Labute approximate surface area is 219 Å². The lowest BCUT2D eigenvalue weighted by Crippen LogP contribution is -2.24. The van der Waals surface area contributed by atoms with Crippen LogP contribution in [0.15, 0.2) is 71.6 Å². The standard InChI is InChI=1S/C24H25Cl2N2O6PS/c1-3-24(4-2,35(30,31)32)16-5-10-19(11-6-16)27-23(29)21-15-18(26)9-14-22(21)28-36(33,34)20-12-7-17(25)8-13-20/h5-15,28H,3-4H2,1-2H3,(H,27,29)(H2,30,31,32). The molecule has 36 heavy (non-hydrogen) atoms. The van der Waals surface area contributed by atoms with Crippen molar-refractivity contribution in [2.24, 2.45) is 0 Å². The van der Waals surface area contributed by atoms with E-state index in [1.165, 1.54) is 54.6 Å². The highest BCUT2D eigenvalue weighted by Gasteiger charge is 2.45. The third-order valence-electron chi connectivity index (χ3n) is 6.00. The molecule has 12 heteroatoms. The largest absolute Gasteiger partial charge is 0.335 e. The molecule has 0 bridgehead atoms. The van der Waals surface area contributed by atoms with Crippen LogP contribution in [0.25, 0.3) is 0 Å². The number of hydrogen-bond acceptors (Lipinski definition) is 4. The number of benzene rings is 3. The maximum absolute atomic E-state index is 13.1. The van der Waals surface area contributed by atoms with Gasteiger partial charge in [0.1, 0.15) is 0 Å². The molecule has 3 rings (SSSR count). The van der Waals surface area contributed by atoms with Crippen LogP contribution in [0.3, 0.4) is 0 Å². The van der Waals surface area contributed by atoms with Crippen molar-refractivity contribution in [3.05, 3.63) is 87.9 Å². The molecule has 0 radical (unpaired) electrons. The van der Waals surface area contributed by atoms with Crippen LogP contribution in [0.4, 0.5) is 11.4 Å². The molecule has 0 saturated carbocycles. The van der Waals surface area contributed by atoms with E-state index in [1.807, 2.05) is 0 Å². The van der Waals surface area contributed by atoms with Crippen molar-refractivity contribution in [2.45, 2.75) is 36.7 Å². The molecule has 0 saturated heterocycles. The second kappa shape index (κ2) is 10.9. The van der Waals surface area contributed by atoms with Crippen molar-refractivity contribution in [3.8, 4) is 0 Å². The number of sulfonamides is 1. The Morgan fingerprint density at radius 1 is 0.917 bits per heavy atom. The van der Waals surface area contributed by atoms with Gasteiger partial charge in [-0.2, -0.15) is 0 Å². The molecule has 0 aliphatic heterocycles. The first kappa shape index (κ1) is 28.2. The first-order chi connectivity index (χ1) is 16.8. The SMILES string of the molecule is CCC(CC)(c1ccc(NC(=O)c2cc(Cl)ccc2NS(=O)(=O)c2ccc(Cl)cc2)cc1)P(=O)(O)O. The number of carbonyl (C=O) groups is 1. The molecular weight excluding hydrogens is 546 g/mol. The zero-order chi connectivity index (χ0) is 26.7. The summed E-state index contributed by atoms with van der Waals surface area (Å²) in [7, 11) is -8.47. The summed E-state index contributed by atoms with van der Waals surface area (Å²) >= 11 is 11.9. The van der Waals surface area contributed by atoms with Gasteiger partial charge in [0.15, 0.2) is 0 Å². The van der Waals surface area contributed by atoms with Crippen LogP contribution < -0.4 is 10.0 Å². The second-order valence-electron chi connectivity index (χ2n) is 8.06. The Balaban J connectivity index is 1.88. The molecule has 0 atom stereocenters. The first-order valence-electron chi connectivity index (χ1n) is 10.9. The van der Waals surface area contributed by atoms with Gasteiger partial charge >= 0.3 is 7.60 Å². The molecule has 1 amide bonds. The summed E-state index contributed by atoms with van der Waals surface area (Å²) in [6.45, 7) is 3.42. The fraction of sp³-hybridized carbons (Fsp3) is 0.208. The Morgan fingerprint density at radius 2 is 1.47 bits per heavy atom. The molecule has 0 unspecified atom stereocenters. The van der Waals surface area contributed by atoms with E-state index in [9.17, 15) is 27.6 Å². The minimum atomic E-state index is -4.45. The summed E-state index contributed by atoms with van der Waals surface area (Å²) < 4.78 is 40.3. The fourth-order valence-electron chi connectivity index (χ4n) is 3.91. The molecular formula is C24H25Cl2N2O6PS. The maximum atomic E-state index is 13.1. The van der Waals surface area contributed by atoms with Gasteiger partial charge in [-0.05, 0) is 73.0 Å². The smallest absolute Gasteiger partial charge is 0.324 e. The van der Waals surface area contributed by atoms with Gasteiger partial charge in [0, 0.05) is 15.7 Å². The lowest BCUT2D eigenvalue weighted by Gasteiger charge is -2.33.